The van der Waals surface area contributed by atoms with Gasteiger partial charge in [0.15, 0.2) is 0 Å². The number of benzene rings is 1. The molecule has 28 heavy (non-hydrogen) atoms. The molecule has 0 bridgehead atoms. The molecule has 0 radical (unpaired) electrons. The summed E-state index contributed by atoms with van der Waals surface area (Å²) >= 11 is 1.83. The zero-order chi connectivity index (χ0) is 19.5. The van der Waals surface area contributed by atoms with E-state index < -0.39 is 0 Å². The van der Waals surface area contributed by atoms with Gasteiger partial charge in [-0.15, -0.1) is 11.8 Å². The molecule has 6 heteroatoms. The third-order valence-corrected chi connectivity index (χ3v) is 7.67. The lowest BCUT2D eigenvalue weighted by Gasteiger charge is -2.35. The number of carbonyl (C=O) groups excluding carboxylic acids is 2. The Morgan fingerprint density at radius 1 is 1.11 bits per heavy atom. The first-order valence-corrected chi connectivity index (χ1v) is 11.5. The Morgan fingerprint density at radius 3 is 2.54 bits per heavy atom. The normalized spacial score (nSPS) is 25.0. The molecule has 2 saturated carbocycles. The van der Waals surface area contributed by atoms with E-state index in [1.807, 2.05) is 39.8 Å². The Kier molecular flexibility index (Phi) is 6.14. The minimum Gasteiger partial charge on any atom is -0.497 e. The molecule has 1 aromatic rings. The van der Waals surface area contributed by atoms with Crippen LogP contribution in [0.5, 0.6) is 5.75 Å². The van der Waals surface area contributed by atoms with Crippen LogP contribution in [0.25, 0.3) is 0 Å². The largest absolute Gasteiger partial charge is 0.497 e. The number of thioether (sulfide) groups is 1. The molecule has 152 valence electrons. The van der Waals surface area contributed by atoms with Crippen LogP contribution < -0.4 is 4.74 Å². The molecule has 1 unspecified atom stereocenters. The van der Waals surface area contributed by atoms with Crippen LogP contribution in [0.1, 0.15) is 43.6 Å². The highest BCUT2D eigenvalue weighted by Gasteiger charge is 2.46. The first-order chi connectivity index (χ1) is 13.7. The van der Waals surface area contributed by atoms with Crippen molar-refractivity contribution in [2.45, 2.75) is 43.3 Å². The van der Waals surface area contributed by atoms with Crippen LogP contribution in [0.3, 0.4) is 0 Å². The van der Waals surface area contributed by atoms with Gasteiger partial charge >= 0.3 is 0 Å². The highest BCUT2D eigenvalue weighted by Crippen LogP contribution is 2.49. The van der Waals surface area contributed by atoms with E-state index in [-0.39, 0.29) is 17.7 Å². The number of ether oxygens (including phenoxy) is 1. The molecule has 3 fully saturated rings. The van der Waals surface area contributed by atoms with E-state index in [2.05, 4.69) is 6.07 Å². The van der Waals surface area contributed by atoms with Gasteiger partial charge in [-0.05, 0) is 42.9 Å². The number of rotatable bonds is 6. The predicted molar refractivity (Wildman–Crippen MR) is 112 cm³/mol. The van der Waals surface area contributed by atoms with Crippen molar-refractivity contribution in [3.63, 3.8) is 0 Å². The molecular formula is C22H30N2O3S. The van der Waals surface area contributed by atoms with Crippen molar-refractivity contribution in [2.24, 2.45) is 5.92 Å². The number of carbonyl (C=O) groups is 2. The number of nitrogens with zero attached hydrogens (tertiary/aromatic N) is 2. The van der Waals surface area contributed by atoms with Crippen LogP contribution in [-0.4, -0.2) is 65.9 Å². The van der Waals surface area contributed by atoms with E-state index in [9.17, 15) is 9.59 Å². The number of piperazine rings is 1. The maximum Gasteiger partial charge on any atom is 0.232 e. The average Bonchev–Trinajstić information content (AvgIpc) is 3.38. The summed E-state index contributed by atoms with van der Waals surface area (Å²) in [6, 6.07) is 8.04. The zero-order valence-corrected chi connectivity index (χ0v) is 17.5. The van der Waals surface area contributed by atoms with E-state index in [4.69, 9.17) is 4.74 Å². The molecule has 1 heterocycles. The summed E-state index contributed by atoms with van der Waals surface area (Å²) in [5.41, 5.74) is 1.19. The van der Waals surface area contributed by atoms with E-state index in [0.717, 1.165) is 12.2 Å². The molecule has 2 aliphatic carbocycles. The molecule has 4 rings (SSSR count). The molecule has 5 nitrogen and oxygen atoms in total. The Balaban J connectivity index is 1.22. The Hall–Kier alpha value is -1.69. The second kappa shape index (κ2) is 8.76. The summed E-state index contributed by atoms with van der Waals surface area (Å²) in [5, 5.41) is 0.676. The molecule has 3 aliphatic rings. The molecule has 1 aromatic carbocycles. The summed E-state index contributed by atoms with van der Waals surface area (Å²) in [7, 11) is 1.67. The van der Waals surface area contributed by atoms with E-state index in [1.54, 1.807) is 7.11 Å². The van der Waals surface area contributed by atoms with Crippen molar-refractivity contribution in [2.75, 3.05) is 39.0 Å². The van der Waals surface area contributed by atoms with Gasteiger partial charge in [-0.25, -0.2) is 0 Å². The Labute approximate surface area is 171 Å². The van der Waals surface area contributed by atoms with Crippen molar-refractivity contribution in [1.82, 2.24) is 9.80 Å². The maximum absolute atomic E-state index is 12.9. The van der Waals surface area contributed by atoms with E-state index >= 15 is 0 Å². The lowest BCUT2D eigenvalue weighted by molar-refractivity contribution is -0.139. The van der Waals surface area contributed by atoms with Crippen LogP contribution in [-0.2, 0) is 9.59 Å². The van der Waals surface area contributed by atoms with Gasteiger partial charge in [0.05, 0.1) is 12.9 Å². The van der Waals surface area contributed by atoms with Gasteiger partial charge in [-0.3, -0.25) is 9.59 Å². The van der Waals surface area contributed by atoms with Crippen molar-refractivity contribution >= 4 is 23.6 Å². The summed E-state index contributed by atoms with van der Waals surface area (Å²) < 4.78 is 5.30. The van der Waals surface area contributed by atoms with Crippen molar-refractivity contribution in [1.29, 1.82) is 0 Å². The maximum atomic E-state index is 12.9. The molecular weight excluding hydrogens is 372 g/mol. The third kappa shape index (κ3) is 4.48. The van der Waals surface area contributed by atoms with E-state index in [1.165, 1.54) is 31.2 Å². The van der Waals surface area contributed by atoms with Gasteiger partial charge in [-0.1, -0.05) is 25.0 Å². The fourth-order valence-corrected chi connectivity index (χ4v) is 5.68. The van der Waals surface area contributed by atoms with Gasteiger partial charge in [0.2, 0.25) is 11.8 Å². The quantitative estimate of drug-likeness (QED) is 0.734. The summed E-state index contributed by atoms with van der Waals surface area (Å²) in [5.74, 6) is 2.33. The van der Waals surface area contributed by atoms with Crippen LogP contribution in [0, 0.1) is 5.92 Å². The fourth-order valence-electron chi connectivity index (χ4n) is 4.45. The third-order valence-electron chi connectivity index (χ3n) is 6.32. The molecule has 2 amide bonds. The lowest BCUT2D eigenvalue weighted by Crippen LogP contribution is -2.51. The second-order valence-corrected chi connectivity index (χ2v) is 9.44. The standard InChI is InChI=1S/C22H30N2O3S/c1-27-17-6-4-5-16(13-17)19-14-20(19)22(26)24-11-9-23(10-12-24)21(25)15-28-18-7-2-3-8-18/h4-6,13,18-20H,2-3,7-12,14-15H2,1H3/t19-,20?/m1/s1. The Morgan fingerprint density at radius 2 is 1.82 bits per heavy atom. The van der Waals surface area contributed by atoms with Gasteiger partial charge < -0.3 is 14.5 Å². The molecule has 1 saturated heterocycles. The van der Waals surface area contributed by atoms with Crippen molar-refractivity contribution in [3.05, 3.63) is 29.8 Å². The first-order valence-electron chi connectivity index (χ1n) is 10.5. The van der Waals surface area contributed by atoms with Crippen LogP contribution in [0.15, 0.2) is 24.3 Å². The summed E-state index contributed by atoms with van der Waals surface area (Å²) in [6.07, 6.45) is 6.06. The molecule has 1 aliphatic heterocycles. The van der Waals surface area contributed by atoms with Gasteiger partial charge in [0.25, 0.3) is 0 Å². The number of hydrogen-bond donors (Lipinski definition) is 0. The predicted octanol–water partition coefficient (Wildman–Crippen LogP) is 3.15. The summed E-state index contributed by atoms with van der Waals surface area (Å²) in [6.45, 7) is 2.68. The van der Waals surface area contributed by atoms with Gasteiger partial charge in [-0.2, -0.15) is 0 Å². The second-order valence-electron chi connectivity index (χ2n) is 8.15. The average molecular weight is 403 g/mol. The van der Waals surface area contributed by atoms with Crippen LogP contribution in [0.4, 0.5) is 0 Å². The minimum atomic E-state index is 0.0901. The SMILES string of the molecule is COc1cccc([C@H]2CC2C(=O)N2CCN(C(=O)CSC3CCCC3)CC2)c1. The number of hydrogen-bond acceptors (Lipinski definition) is 4. The zero-order valence-electron chi connectivity index (χ0n) is 16.6. The first kappa shape index (κ1) is 19.6. The van der Waals surface area contributed by atoms with Crippen molar-refractivity contribution < 1.29 is 14.3 Å². The van der Waals surface area contributed by atoms with Gasteiger partial charge in [0.1, 0.15) is 5.75 Å². The van der Waals surface area contributed by atoms with E-state index in [0.29, 0.717) is 43.1 Å². The minimum absolute atomic E-state index is 0.0901. The highest BCUT2D eigenvalue weighted by atomic mass is 32.2. The van der Waals surface area contributed by atoms with Crippen molar-refractivity contribution in [3.8, 4) is 5.75 Å². The van der Waals surface area contributed by atoms with Crippen LogP contribution >= 0.6 is 11.8 Å². The van der Waals surface area contributed by atoms with Gasteiger partial charge in [0, 0.05) is 37.3 Å². The molecule has 0 N–H and O–H groups in total. The molecule has 2 atom stereocenters. The number of amides is 2. The Bertz CT molecular complexity index is 711. The highest BCUT2D eigenvalue weighted by molar-refractivity contribution is 8.00. The molecule has 0 aromatic heterocycles. The lowest BCUT2D eigenvalue weighted by atomic mass is 10.1. The monoisotopic (exact) mass is 402 g/mol. The smallest absolute Gasteiger partial charge is 0.232 e. The molecule has 0 spiro atoms. The topological polar surface area (TPSA) is 49.9 Å². The number of methoxy groups -OCH3 is 1. The van der Waals surface area contributed by atoms with Crippen LogP contribution in [0.2, 0.25) is 0 Å². The fraction of sp³-hybridized carbons (Fsp3) is 0.636. The summed E-state index contributed by atoms with van der Waals surface area (Å²) in [4.78, 5) is 29.2.